The molecule has 114 valence electrons. The second kappa shape index (κ2) is 6.42. The van der Waals surface area contributed by atoms with E-state index in [4.69, 9.17) is 5.73 Å². The van der Waals surface area contributed by atoms with E-state index in [1.165, 1.54) is 18.2 Å². The van der Waals surface area contributed by atoms with Gasteiger partial charge in [-0.25, -0.2) is 13.1 Å². The summed E-state index contributed by atoms with van der Waals surface area (Å²) in [6.07, 6.45) is -4.42. The molecule has 20 heavy (non-hydrogen) atoms. The van der Waals surface area contributed by atoms with Crippen LogP contribution in [-0.2, 0) is 14.8 Å². The summed E-state index contributed by atoms with van der Waals surface area (Å²) in [4.78, 5) is 0.0301. The van der Waals surface area contributed by atoms with E-state index in [1.807, 2.05) is 0 Å². The van der Waals surface area contributed by atoms with E-state index in [0.29, 0.717) is 11.3 Å². The number of ether oxygens (including phenoxy) is 1. The minimum Gasteiger partial charge on any atom is -0.399 e. The highest BCUT2D eigenvalue weighted by atomic mass is 32.2. The van der Waals surface area contributed by atoms with Gasteiger partial charge in [0.25, 0.3) is 0 Å². The zero-order valence-corrected chi connectivity index (χ0v) is 11.5. The van der Waals surface area contributed by atoms with E-state index in [0.717, 1.165) is 0 Å². The van der Waals surface area contributed by atoms with Crippen LogP contribution in [0.1, 0.15) is 5.56 Å². The van der Waals surface area contributed by atoms with Gasteiger partial charge >= 0.3 is 6.18 Å². The van der Waals surface area contributed by atoms with Gasteiger partial charge in [-0.3, -0.25) is 0 Å². The van der Waals surface area contributed by atoms with Crippen LogP contribution in [0.5, 0.6) is 0 Å². The Balaban J connectivity index is 2.54. The first-order valence-electron chi connectivity index (χ1n) is 5.62. The van der Waals surface area contributed by atoms with Crippen molar-refractivity contribution in [3.8, 4) is 0 Å². The third kappa shape index (κ3) is 5.35. The Bertz CT molecular complexity index is 559. The van der Waals surface area contributed by atoms with Gasteiger partial charge in [0.05, 0.1) is 11.5 Å². The average Bonchev–Trinajstić information content (AvgIpc) is 2.26. The lowest BCUT2D eigenvalue weighted by Gasteiger charge is -2.11. The molecule has 0 saturated heterocycles. The molecule has 0 fully saturated rings. The fourth-order valence-corrected chi connectivity index (χ4v) is 2.73. The molecule has 0 aliphatic heterocycles. The van der Waals surface area contributed by atoms with Crippen LogP contribution in [0.4, 0.5) is 18.9 Å². The fourth-order valence-electron chi connectivity index (χ4n) is 1.49. The molecule has 0 bridgehead atoms. The van der Waals surface area contributed by atoms with E-state index >= 15 is 0 Å². The molecule has 0 unspecified atom stereocenters. The van der Waals surface area contributed by atoms with Crippen molar-refractivity contribution in [2.24, 2.45) is 0 Å². The summed E-state index contributed by atoms with van der Waals surface area (Å²) in [5.41, 5.74) is 6.39. The molecule has 0 heterocycles. The molecular weight excluding hydrogens is 297 g/mol. The minimum absolute atomic E-state index is 0.0301. The third-order valence-corrected chi connectivity index (χ3v) is 3.91. The van der Waals surface area contributed by atoms with Crippen LogP contribution in [0.15, 0.2) is 23.1 Å². The van der Waals surface area contributed by atoms with Gasteiger partial charge in [0.1, 0.15) is 6.61 Å². The molecule has 0 amide bonds. The Morgan fingerprint density at radius 2 is 2.00 bits per heavy atom. The molecule has 5 nitrogen and oxygen atoms in total. The largest absolute Gasteiger partial charge is 0.411 e. The van der Waals surface area contributed by atoms with E-state index in [-0.39, 0.29) is 18.0 Å². The van der Waals surface area contributed by atoms with Crippen molar-refractivity contribution in [3.05, 3.63) is 23.8 Å². The SMILES string of the molecule is Cc1cc(N)ccc1S(=O)(=O)NCCOCC(F)(F)F. The lowest BCUT2D eigenvalue weighted by atomic mass is 10.2. The highest BCUT2D eigenvalue weighted by Gasteiger charge is 2.27. The number of hydrogen-bond acceptors (Lipinski definition) is 4. The fraction of sp³-hybridized carbons (Fsp3) is 0.455. The monoisotopic (exact) mass is 312 g/mol. The number of rotatable bonds is 6. The molecule has 1 rings (SSSR count). The van der Waals surface area contributed by atoms with Gasteiger partial charge in [-0.1, -0.05) is 0 Å². The van der Waals surface area contributed by atoms with Crippen LogP contribution in [0.3, 0.4) is 0 Å². The summed E-state index contributed by atoms with van der Waals surface area (Å²) in [7, 11) is -3.79. The number of nitrogens with two attached hydrogens (primary N) is 1. The Labute approximate surface area is 115 Å². The van der Waals surface area contributed by atoms with Crippen molar-refractivity contribution in [2.75, 3.05) is 25.5 Å². The van der Waals surface area contributed by atoms with Crippen LogP contribution in [0.25, 0.3) is 0 Å². The molecule has 1 aromatic carbocycles. The molecule has 0 aliphatic carbocycles. The number of halogens is 3. The van der Waals surface area contributed by atoms with Gasteiger partial charge in [-0.2, -0.15) is 13.2 Å². The third-order valence-electron chi connectivity index (χ3n) is 2.29. The van der Waals surface area contributed by atoms with Crippen LogP contribution < -0.4 is 10.5 Å². The molecule has 0 atom stereocenters. The molecule has 1 aromatic rings. The molecule has 0 aliphatic rings. The van der Waals surface area contributed by atoms with Crippen molar-refractivity contribution >= 4 is 15.7 Å². The second-order valence-corrected chi connectivity index (χ2v) is 5.83. The Morgan fingerprint density at radius 3 is 2.55 bits per heavy atom. The summed E-state index contributed by atoms with van der Waals surface area (Å²) >= 11 is 0. The summed E-state index contributed by atoms with van der Waals surface area (Å²) in [6, 6.07) is 4.26. The predicted molar refractivity (Wildman–Crippen MR) is 67.7 cm³/mol. The quantitative estimate of drug-likeness (QED) is 0.615. The number of sulfonamides is 1. The zero-order valence-electron chi connectivity index (χ0n) is 10.7. The lowest BCUT2D eigenvalue weighted by Crippen LogP contribution is -2.29. The van der Waals surface area contributed by atoms with Crippen LogP contribution in [0, 0.1) is 6.92 Å². The molecule has 3 N–H and O–H groups in total. The maximum atomic E-state index is 11.9. The van der Waals surface area contributed by atoms with Gasteiger partial charge in [-0.05, 0) is 30.7 Å². The second-order valence-electron chi connectivity index (χ2n) is 4.09. The number of aryl methyl sites for hydroxylation is 1. The number of alkyl halides is 3. The van der Waals surface area contributed by atoms with Crippen LogP contribution >= 0.6 is 0 Å². The molecule has 0 saturated carbocycles. The molecule has 0 spiro atoms. The van der Waals surface area contributed by atoms with Gasteiger partial charge in [0.2, 0.25) is 10.0 Å². The van der Waals surface area contributed by atoms with Gasteiger partial charge < -0.3 is 10.5 Å². The minimum atomic E-state index is -4.42. The Kier molecular flexibility index (Phi) is 5.37. The Hall–Kier alpha value is -1.32. The normalized spacial score (nSPS) is 12.6. The molecule has 0 aromatic heterocycles. The zero-order chi connectivity index (χ0) is 15.4. The van der Waals surface area contributed by atoms with E-state index < -0.39 is 22.8 Å². The van der Waals surface area contributed by atoms with Gasteiger partial charge in [-0.15, -0.1) is 0 Å². The maximum absolute atomic E-state index is 11.9. The van der Waals surface area contributed by atoms with Gasteiger partial charge in [0, 0.05) is 12.2 Å². The van der Waals surface area contributed by atoms with Crippen molar-refractivity contribution < 1.29 is 26.3 Å². The lowest BCUT2D eigenvalue weighted by molar-refractivity contribution is -0.173. The number of hydrogen-bond donors (Lipinski definition) is 2. The Morgan fingerprint density at radius 1 is 1.35 bits per heavy atom. The van der Waals surface area contributed by atoms with Crippen LogP contribution in [0.2, 0.25) is 0 Å². The number of nitrogens with one attached hydrogen (secondary N) is 1. The van der Waals surface area contributed by atoms with E-state index in [1.54, 1.807) is 6.92 Å². The first-order chi connectivity index (χ1) is 9.12. The molecular formula is C11H15F3N2O3S. The summed E-state index contributed by atoms with van der Waals surface area (Å²) in [6.45, 7) is -0.449. The van der Waals surface area contributed by atoms with E-state index in [9.17, 15) is 21.6 Å². The van der Waals surface area contributed by atoms with E-state index in [2.05, 4.69) is 9.46 Å². The number of benzene rings is 1. The highest BCUT2D eigenvalue weighted by Crippen LogP contribution is 2.17. The predicted octanol–water partition coefficient (Wildman–Crippen LogP) is 1.43. The first kappa shape index (κ1) is 16.7. The van der Waals surface area contributed by atoms with Crippen molar-refractivity contribution in [3.63, 3.8) is 0 Å². The van der Waals surface area contributed by atoms with Crippen molar-refractivity contribution in [1.82, 2.24) is 4.72 Å². The van der Waals surface area contributed by atoms with Crippen molar-refractivity contribution in [1.29, 1.82) is 0 Å². The smallest absolute Gasteiger partial charge is 0.399 e. The number of nitrogen functional groups attached to an aromatic ring is 1. The standard InChI is InChI=1S/C11H15F3N2O3S/c1-8-6-9(15)2-3-10(8)20(17,18)16-4-5-19-7-11(12,13)14/h2-3,6,16H,4-5,7,15H2,1H3. The summed E-state index contributed by atoms with van der Waals surface area (Å²) < 4.78 is 65.6. The highest BCUT2D eigenvalue weighted by molar-refractivity contribution is 7.89. The first-order valence-corrected chi connectivity index (χ1v) is 7.10. The number of anilines is 1. The topological polar surface area (TPSA) is 81.4 Å². The summed E-state index contributed by atoms with van der Waals surface area (Å²) in [5, 5.41) is 0. The molecule has 9 heteroatoms. The summed E-state index contributed by atoms with van der Waals surface area (Å²) in [5.74, 6) is 0. The average molecular weight is 312 g/mol. The maximum Gasteiger partial charge on any atom is 0.411 e. The van der Waals surface area contributed by atoms with Gasteiger partial charge in [0.15, 0.2) is 0 Å². The van der Waals surface area contributed by atoms with Crippen LogP contribution in [-0.4, -0.2) is 34.4 Å². The van der Waals surface area contributed by atoms with Crippen molar-refractivity contribution in [2.45, 2.75) is 18.0 Å². The molecule has 0 radical (unpaired) electrons.